The number of hydrogen-bond donors (Lipinski definition) is 2. The van der Waals surface area contributed by atoms with Crippen molar-refractivity contribution in [1.82, 2.24) is 10.7 Å². The molecule has 0 fully saturated rings. The zero-order valence-corrected chi connectivity index (χ0v) is 16.3. The van der Waals surface area contributed by atoms with Crippen LogP contribution < -0.4 is 15.5 Å². The molecule has 0 aliphatic heterocycles. The number of nitrogens with zero attached hydrogens (tertiary/aromatic N) is 1. The summed E-state index contributed by atoms with van der Waals surface area (Å²) in [5.74, 6) is -0.943. The second-order valence-corrected chi connectivity index (χ2v) is 6.75. The molecular formula is C19H19Cl2N3O3. The van der Waals surface area contributed by atoms with Crippen molar-refractivity contribution in [3.8, 4) is 5.75 Å². The molecule has 2 aromatic rings. The first kappa shape index (κ1) is 20.7. The van der Waals surface area contributed by atoms with Crippen molar-refractivity contribution >= 4 is 41.2 Å². The Balaban J connectivity index is 1.91. The second kappa shape index (κ2) is 9.94. The van der Waals surface area contributed by atoms with E-state index in [4.69, 9.17) is 27.9 Å². The Kier molecular flexibility index (Phi) is 7.64. The molecule has 0 bridgehead atoms. The average Bonchev–Trinajstić information content (AvgIpc) is 2.62. The fourth-order valence-corrected chi connectivity index (χ4v) is 2.35. The van der Waals surface area contributed by atoms with Crippen LogP contribution >= 0.6 is 23.2 Å². The van der Waals surface area contributed by atoms with E-state index in [1.165, 1.54) is 6.21 Å². The third-order valence-electron chi connectivity index (χ3n) is 3.25. The van der Waals surface area contributed by atoms with Crippen molar-refractivity contribution < 1.29 is 14.3 Å². The number of hydrogen-bond acceptors (Lipinski definition) is 4. The summed E-state index contributed by atoms with van der Waals surface area (Å²) < 4.78 is 5.72. The maximum absolute atomic E-state index is 11.6. The Morgan fingerprint density at radius 1 is 1.11 bits per heavy atom. The lowest BCUT2D eigenvalue weighted by Gasteiger charge is -2.08. The molecule has 0 atom stereocenters. The van der Waals surface area contributed by atoms with E-state index < -0.39 is 11.8 Å². The minimum absolute atomic E-state index is 0.128. The third kappa shape index (κ3) is 6.92. The maximum Gasteiger partial charge on any atom is 0.329 e. The van der Waals surface area contributed by atoms with Crippen molar-refractivity contribution in [2.24, 2.45) is 5.10 Å². The summed E-state index contributed by atoms with van der Waals surface area (Å²) in [4.78, 5) is 23.0. The Morgan fingerprint density at radius 2 is 1.89 bits per heavy atom. The molecular weight excluding hydrogens is 389 g/mol. The second-order valence-electron chi connectivity index (χ2n) is 5.94. The van der Waals surface area contributed by atoms with Crippen LogP contribution in [0.2, 0.25) is 10.0 Å². The van der Waals surface area contributed by atoms with Gasteiger partial charge in [0.15, 0.2) is 0 Å². The lowest BCUT2D eigenvalue weighted by Crippen LogP contribution is -2.41. The molecule has 27 heavy (non-hydrogen) atoms. The van der Waals surface area contributed by atoms with Gasteiger partial charge in [0.05, 0.1) is 16.3 Å². The maximum atomic E-state index is 11.6. The van der Waals surface area contributed by atoms with Crippen molar-refractivity contribution in [1.29, 1.82) is 0 Å². The number of halogens is 2. The molecule has 0 aliphatic carbocycles. The van der Waals surface area contributed by atoms with E-state index in [9.17, 15) is 9.59 Å². The largest absolute Gasteiger partial charge is 0.489 e. The molecule has 142 valence electrons. The highest BCUT2D eigenvalue weighted by Gasteiger charge is 2.12. The number of benzene rings is 2. The number of ether oxygens (including phenoxy) is 1. The average molecular weight is 408 g/mol. The number of hydrazone groups is 1. The van der Waals surface area contributed by atoms with Gasteiger partial charge in [-0.1, -0.05) is 41.4 Å². The van der Waals surface area contributed by atoms with Crippen LogP contribution in [0.1, 0.15) is 25.0 Å². The Labute approximate surface area is 167 Å². The predicted molar refractivity (Wildman–Crippen MR) is 106 cm³/mol. The van der Waals surface area contributed by atoms with Gasteiger partial charge in [-0.15, -0.1) is 0 Å². The van der Waals surface area contributed by atoms with E-state index in [1.807, 2.05) is 6.07 Å². The molecule has 0 unspecified atom stereocenters. The van der Waals surface area contributed by atoms with E-state index in [2.05, 4.69) is 15.8 Å². The van der Waals surface area contributed by atoms with Gasteiger partial charge in [0.25, 0.3) is 0 Å². The quantitative estimate of drug-likeness (QED) is 0.436. The zero-order valence-electron chi connectivity index (χ0n) is 14.8. The van der Waals surface area contributed by atoms with Crippen LogP contribution in [0.25, 0.3) is 0 Å². The summed E-state index contributed by atoms with van der Waals surface area (Å²) in [5, 5.41) is 7.21. The molecule has 2 N–H and O–H groups in total. The first-order valence-electron chi connectivity index (χ1n) is 8.16. The summed E-state index contributed by atoms with van der Waals surface area (Å²) in [6.07, 6.45) is 1.42. The first-order chi connectivity index (χ1) is 12.8. The molecule has 8 heteroatoms. The molecule has 0 saturated carbocycles. The number of carbonyl (C=O) groups excluding carboxylic acids is 2. The van der Waals surface area contributed by atoms with Crippen LogP contribution in [-0.4, -0.2) is 24.1 Å². The Bertz CT molecular complexity index is 854. The summed E-state index contributed by atoms with van der Waals surface area (Å²) in [6, 6.07) is 12.3. The minimum Gasteiger partial charge on any atom is -0.489 e. The molecule has 0 saturated heterocycles. The van der Waals surface area contributed by atoms with E-state index >= 15 is 0 Å². The van der Waals surface area contributed by atoms with Gasteiger partial charge in [-0.25, -0.2) is 5.43 Å². The smallest absolute Gasteiger partial charge is 0.329 e. The normalized spacial score (nSPS) is 10.9. The molecule has 2 amide bonds. The monoisotopic (exact) mass is 407 g/mol. The lowest BCUT2D eigenvalue weighted by molar-refractivity contribution is -0.139. The molecule has 0 spiro atoms. The summed E-state index contributed by atoms with van der Waals surface area (Å²) in [6.45, 7) is 3.85. The van der Waals surface area contributed by atoms with Crippen LogP contribution in [0, 0.1) is 0 Å². The van der Waals surface area contributed by atoms with Gasteiger partial charge in [-0.05, 0) is 49.2 Å². The highest BCUT2D eigenvalue weighted by molar-refractivity contribution is 6.42. The molecule has 0 heterocycles. The van der Waals surface area contributed by atoms with Crippen molar-refractivity contribution in [3.63, 3.8) is 0 Å². The summed E-state index contributed by atoms with van der Waals surface area (Å²) >= 11 is 11.9. The highest BCUT2D eigenvalue weighted by atomic mass is 35.5. The molecule has 0 radical (unpaired) electrons. The standard InChI is InChI=1S/C19H19Cl2N3O3/c1-12(2)23-18(25)19(26)24-22-10-13-4-3-5-15(8-13)27-11-14-6-7-16(20)17(21)9-14/h3-10,12H,11H2,1-2H3,(H,23,25)(H,24,26)/b22-10-. The van der Waals surface area contributed by atoms with Crippen molar-refractivity contribution in [2.75, 3.05) is 0 Å². The molecule has 0 aromatic heterocycles. The van der Waals surface area contributed by atoms with Gasteiger partial charge in [0, 0.05) is 6.04 Å². The number of rotatable bonds is 6. The van der Waals surface area contributed by atoms with Gasteiger partial charge in [0.1, 0.15) is 12.4 Å². The molecule has 0 aliphatic rings. The Hall–Kier alpha value is -2.57. The number of nitrogens with one attached hydrogen (secondary N) is 2. The van der Waals surface area contributed by atoms with Crippen LogP contribution in [0.3, 0.4) is 0 Å². The first-order valence-corrected chi connectivity index (χ1v) is 8.91. The molecule has 2 rings (SSSR count). The zero-order chi connectivity index (χ0) is 19.8. The van der Waals surface area contributed by atoms with Crippen LogP contribution in [0.15, 0.2) is 47.6 Å². The van der Waals surface area contributed by atoms with E-state index in [0.717, 1.165) is 5.56 Å². The Morgan fingerprint density at radius 3 is 2.59 bits per heavy atom. The van der Waals surface area contributed by atoms with Crippen molar-refractivity contribution in [3.05, 3.63) is 63.6 Å². The van der Waals surface area contributed by atoms with Gasteiger partial charge in [0.2, 0.25) is 0 Å². The molecule has 2 aromatic carbocycles. The number of amides is 2. The van der Waals surface area contributed by atoms with Gasteiger partial charge in [-0.2, -0.15) is 5.10 Å². The minimum atomic E-state index is -0.827. The van der Waals surface area contributed by atoms with Gasteiger partial charge >= 0.3 is 11.8 Å². The van der Waals surface area contributed by atoms with E-state index in [1.54, 1.807) is 50.2 Å². The third-order valence-corrected chi connectivity index (χ3v) is 3.99. The highest BCUT2D eigenvalue weighted by Crippen LogP contribution is 2.23. The molecule has 6 nitrogen and oxygen atoms in total. The summed E-state index contributed by atoms with van der Waals surface area (Å²) in [7, 11) is 0. The van der Waals surface area contributed by atoms with Crippen LogP contribution in [0.5, 0.6) is 5.75 Å². The number of carbonyl (C=O) groups is 2. The van der Waals surface area contributed by atoms with Crippen LogP contribution in [0.4, 0.5) is 0 Å². The van der Waals surface area contributed by atoms with Crippen molar-refractivity contribution in [2.45, 2.75) is 26.5 Å². The van der Waals surface area contributed by atoms with Crippen LogP contribution in [-0.2, 0) is 16.2 Å². The topological polar surface area (TPSA) is 79.8 Å². The SMILES string of the molecule is CC(C)NC(=O)C(=O)N/N=C\c1cccc(OCc2ccc(Cl)c(Cl)c2)c1. The van der Waals surface area contributed by atoms with E-state index in [0.29, 0.717) is 28.0 Å². The fourth-order valence-electron chi connectivity index (χ4n) is 2.02. The van der Waals surface area contributed by atoms with Gasteiger partial charge < -0.3 is 10.1 Å². The van der Waals surface area contributed by atoms with Gasteiger partial charge in [-0.3, -0.25) is 9.59 Å². The fraction of sp³-hybridized carbons (Fsp3) is 0.211. The van der Waals surface area contributed by atoms with E-state index in [-0.39, 0.29) is 6.04 Å². The predicted octanol–water partition coefficient (Wildman–Crippen LogP) is 3.55. The lowest BCUT2D eigenvalue weighted by atomic mass is 10.2. The summed E-state index contributed by atoms with van der Waals surface area (Å²) in [5.41, 5.74) is 3.76.